The van der Waals surface area contributed by atoms with Gasteiger partial charge in [-0.2, -0.15) is 5.10 Å². The maximum atomic E-state index is 12.9. The Bertz CT molecular complexity index is 1030. The molecule has 1 saturated heterocycles. The molecule has 8 heteroatoms. The third-order valence-electron chi connectivity index (χ3n) is 5.91. The summed E-state index contributed by atoms with van der Waals surface area (Å²) in [7, 11) is 0. The molecule has 0 radical (unpaired) electrons. The van der Waals surface area contributed by atoms with E-state index in [-0.39, 0.29) is 5.91 Å². The topological polar surface area (TPSA) is 79.8 Å². The normalized spacial score (nSPS) is 17.2. The number of fused-ring (bicyclic) bond motifs is 3. The van der Waals surface area contributed by atoms with Gasteiger partial charge in [-0.3, -0.25) is 4.79 Å². The Kier molecular flexibility index (Phi) is 4.07. The monoisotopic (exact) mass is 380 g/mol. The number of hydrogen-bond donors (Lipinski definition) is 0. The molecule has 28 heavy (non-hydrogen) atoms. The van der Waals surface area contributed by atoms with Crippen LogP contribution in [-0.2, 0) is 12.8 Å². The predicted molar refractivity (Wildman–Crippen MR) is 104 cm³/mol. The fraction of sp³-hybridized carbons (Fsp3) is 0.500. The molecule has 1 aliphatic heterocycles. The van der Waals surface area contributed by atoms with Crippen molar-refractivity contribution in [3.05, 3.63) is 40.7 Å². The van der Waals surface area contributed by atoms with Crippen LogP contribution in [0.3, 0.4) is 0 Å². The van der Waals surface area contributed by atoms with Crippen molar-refractivity contribution in [3.63, 3.8) is 0 Å². The number of piperazine rings is 1. The first-order chi connectivity index (χ1) is 13.6. The van der Waals surface area contributed by atoms with E-state index < -0.39 is 0 Å². The quantitative estimate of drug-likeness (QED) is 0.678. The van der Waals surface area contributed by atoms with Crippen LogP contribution >= 0.6 is 0 Å². The van der Waals surface area contributed by atoms with E-state index in [0.29, 0.717) is 30.1 Å². The molecule has 1 amide bonds. The van der Waals surface area contributed by atoms with Gasteiger partial charge in [0.15, 0.2) is 5.82 Å². The molecular weight excluding hydrogens is 356 g/mol. The van der Waals surface area contributed by atoms with Gasteiger partial charge in [0.1, 0.15) is 16.8 Å². The number of nitrogens with zero attached hydrogens (tertiary/aromatic N) is 6. The van der Waals surface area contributed by atoms with Crippen molar-refractivity contribution in [2.24, 2.45) is 0 Å². The van der Waals surface area contributed by atoms with Gasteiger partial charge in [-0.05, 0) is 39.5 Å². The van der Waals surface area contributed by atoms with E-state index in [9.17, 15) is 4.79 Å². The van der Waals surface area contributed by atoms with E-state index in [0.717, 1.165) is 37.3 Å². The minimum atomic E-state index is 0.00352. The molecule has 0 bridgehead atoms. The molecule has 3 aromatic rings. The zero-order valence-electron chi connectivity index (χ0n) is 16.3. The SMILES string of the molecule is Cc1noc(C)c1C(=O)N1CCN(c2nccn3nc4c(c23)CCCC4)CC1. The summed E-state index contributed by atoms with van der Waals surface area (Å²) >= 11 is 0. The Balaban J connectivity index is 1.39. The number of carbonyl (C=O) groups is 1. The number of rotatable bonds is 2. The Morgan fingerprint density at radius 3 is 2.64 bits per heavy atom. The fourth-order valence-corrected chi connectivity index (χ4v) is 4.45. The van der Waals surface area contributed by atoms with Crippen LogP contribution in [0.2, 0.25) is 0 Å². The highest BCUT2D eigenvalue weighted by Crippen LogP contribution is 2.30. The molecule has 0 N–H and O–H groups in total. The summed E-state index contributed by atoms with van der Waals surface area (Å²) in [6.07, 6.45) is 8.30. The average molecular weight is 380 g/mol. The molecule has 0 spiro atoms. The van der Waals surface area contributed by atoms with E-state index >= 15 is 0 Å². The highest BCUT2D eigenvalue weighted by Gasteiger charge is 2.29. The third-order valence-corrected chi connectivity index (χ3v) is 5.91. The lowest BCUT2D eigenvalue weighted by molar-refractivity contribution is 0.0744. The van der Waals surface area contributed by atoms with Crippen molar-refractivity contribution in [1.29, 1.82) is 0 Å². The van der Waals surface area contributed by atoms with Gasteiger partial charge in [0.25, 0.3) is 5.91 Å². The van der Waals surface area contributed by atoms with Gasteiger partial charge in [-0.1, -0.05) is 5.16 Å². The molecule has 0 saturated carbocycles. The zero-order valence-corrected chi connectivity index (χ0v) is 16.3. The second kappa shape index (κ2) is 6.61. The van der Waals surface area contributed by atoms with E-state index in [2.05, 4.69) is 10.1 Å². The van der Waals surface area contributed by atoms with Crippen molar-refractivity contribution < 1.29 is 9.32 Å². The largest absolute Gasteiger partial charge is 0.361 e. The van der Waals surface area contributed by atoms with Crippen LogP contribution in [0.15, 0.2) is 16.9 Å². The Morgan fingerprint density at radius 1 is 1.11 bits per heavy atom. The molecule has 8 nitrogen and oxygen atoms in total. The first-order valence-corrected chi connectivity index (χ1v) is 9.95. The predicted octanol–water partition coefficient (Wildman–Crippen LogP) is 2.18. The Labute approximate surface area is 163 Å². The molecule has 2 aliphatic rings. The van der Waals surface area contributed by atoms with E-state index in [1.165, 1.54) is 24.1 Å². The highest BCUT2D eigenvalue weighted by molar-refractivity contribution is 5.96. The zero-order chi connectivity index (χ0) is 19.3. The second-order valence-corrected chi connectivity index (χ2v) is 7.65. The molecular formula is C20H24N6O2. The number of amides is 1. The van der Waals surface area contributed by atoms with Gasteiger partial charge in [0.2, 0.25) is 0 Å². The van der Waals surface area contributed by atoms with Crippen LogP contribution in [0.1, 0.15) is 45.9 Å². The average Bonchev–Trinajstić information content (AvgIpc) is 3.27. The third kappa shape index (κ3) is 2.66. The van der Waals surface area contributed by atoms with Crippen molar-refractivity contribution in [1.82, 2.24) is 24.7 Å². The van der Waals surface area contributed by atoms with Gasteiger partial charge >= 0.3 is 0 Å². The molecule has 3 aromatic heterocycles. The van der Waals surface area contributed by atoms with Crippen molar-refractivity contribution in [3.8, 4) is 0 Å². The lowest BCUT2D eigenvalue weighted by Gasteiger charge is -2.35. The van der Waals surface area contributed by atoms with Crippen molar-refractivity contribution >= 4 is 17.2 Å². The molecule has 1 fully saturated rings. The number of anilines is 1. The van der Waals surface area contributed by atoms with Crippen LogP contribution in [0, 0.1) is 13.8 Å². The number of carbonyl (C=O) groups excluding carboxylic acids is 1. The van der Waals surface area contributed by atoms with E-state index in [1.807, 2.05) is 28.7 Å². The molecule has 146 valence electrons. The standard InChI is InChI=1S/C20H24N6O2/c1-13-17(14(2)28-23-13)20(27)25-11-9-24(10-12-25)19-18-15-5-3-4-6-16(15)22-26(18)8-7-21-19/h7-8H,3-6,9-12H2,1-2H3. The van der Waals surface area contributed by atoms with E-state index in [1.54, 1.807) is 6.92 Å². The minimum Gasteiger partial charge on any atom is -0.361 e. The summed E-state index contributed by atoms with van der Waals surface area (Å²) in [5, 5.41) is 8.68. The van der Waals surface area contributed by atoms with Gasteiger partial charge < -0.3 is 14.3 Å². The molecule has 1 aliphatic carbocycles. The van der Waals surface area contributed by atoms with Crippen LogP contribution in [-0.4, -0.2) is 56.7 Å². The fourth-order valence-electron chi connectivity index (χ4n) is 4.45. The molecule has 4 heterocycles. The summed E-state index contributed by atoms with van der Waals surface area (Å²) in [6, 6.07) is 0. The minimum absolute atomic E-state index is 0.00352. The second-order valence-electron chi connectivity index (χ2n) is 7.65. The van der Waals surface area contributed by atoms with Crippen LogP contribution < -0.4 is 4.90 Å². The maximum absolute atomic E-state index is 12.9. The van der Waals surface area contributed by atoms with Crippen molar-refractivity contribution in [2.45, 2.75) is 39.5 Å². The summed E-state index contributed by atoms with van der Waals surface area (Å²) < 4.78 is 7.15. The Morgan fingerprint density at radius 2 is 1.89 bits per heavy atom. The van der Waals surface area contributed by atoms with Crippen molar-refractivity contribution in [2.75, 3.05) is 31.1 Å². The van der Waals surface area contributed by atoms with Gasteiger partial charge in [0.05, 0.1) is 11.4 Å². The molecule has 0 unspecified atom stereocenters. The number of aromatic nitrogens is 4. The molecule has 5 rings (SSSR count). The lowest BCUT2D eigenvalue weighted by Crippen LogP contribution is -2.49. The van der Waals surface area contributed by atoms with Crippen LogP contribution in [0.5, 0.6) is 0 Å². The molecule has 0 atom stereocenters. The van der Waals surface area contributed by atoms with Crippen LogP contribution in [0.4, 0.5) is 5.82 Å². The van der Waals surface area contributed by atoms with Gasteiger partial charge in [-0.25, -0.2) is 9.50 Å². The highest BCUT2D eigenvalue weighted by atomic mass is 16.5. The maximum Gasteiger partial charge on any atom is 0.259 e. The van der Waals surface area contributed by atoms with E-state index in [4.69, 9.17) is 14.6 Å². The van der Waals surface area contributed by atoms with Gasteiger partial charge in [-0.15, -0.1) is 0 Å². The van der Waals surface area contributed by atoms with Crippen LogP contribution in [0.25, 0.3) is 5.52 Å². The Hall–Kier alpha value is -2.90. The summed E-state index contributed by atoms with van der Waals surface area (Å²) in [5.41, 5.74) is 4.96. The smallest absolute Gasteiger partial charge is 0.259 e. The summed E-state index contributed by atoms with van der Waals surface area (Å²) in [4.78, 5) is 21.7. The summed E-state index contributed by atoms with van der Waals surface area (Å²) in [6.45, 7) is 6.41. The summed E-state index contributed by atoms with van der Waals surface area (Å²) in [5.74, 6) is 1.58. The first-order valence-electron chi connectivity index (χ1n) is 9.95. The molecule has 0 aromatic carbocycles. The number of hydrogen-bond acceptors (Lipinski definition) is 6. The van der Waals surface area contributed by atoms with Gasteiger partial charge in [0, 0.05) is 44.1 Å². The first kappa shape index (κ1) is 17.2. The number of aryl methyl sites for hydroxylation is 4. The lowest BCUT2D eigenvalue weighted by atomic mass is 9.97.